The number of piperidine rings is 1. The van der Waals surface area contributed by atoms with Gasteiger partial charge in [-0.2, -0.15) is 0 Å². The van der Waals surface area contributed by atoms with Crippen molar-refractivity contribution in [1.82, 2.24) is 29.3 Å². The van der Waals surface area contributed by atoms with E-state index in [4.69, 9.17) is 0 Å². The zero-order chi connectivity index (χ0) is 26.3. The van der Waals surface area contributed by atoms with E-state index in [1.54, 1.807) is 35.1 Å². The molecular weight excluding hydrogens is 485 g/mol. The van der Waals surface area contributed by atoms with Gasteiger partial charge < -0.3 is 19.2 Å². The van der Waals surface area contributed by atoms with Crippen LogP contribution < -0.4 is 4.74 Å². The Morgan fingerprint density at radius 3 is 2.65 bits per heavy atom. The van der Waals surface area contributed by atoms with Crippen molar-refractivity contribution in [3.8, 4) is 5.75 Å². The molecule has 5 rings (SSSR count). The van der Waals surface area contributed by atoms with Crippen molar-refractivity contribution in [1.29, 1.82) is 0 Å². The number of amides is 1. The average molecular weight is 517 g/mol. The third-order valence-electron chi connectivity index (χ3n) is 7.35. The zero-order valence-electron chi connectivity index (χ0n) is 21.1. The highest BCUT2D eigenvalue weighted by Crippen LogP contribution is 2.52. The SMILES string of the molecule is CCc1nc(C)c(CN2CC3C(C2)C3CN(Cc2cccc(OC(F)(F)F)c2)C(=O)c2cn(C)cn2)[nH]1. The van der Waals surface area contributed by atoms with E-state index in [1.807, 2.05) is 6.92 Å². The smallest absolute Gasteiger partial charge is 0.406 e. The number of nitrogens with zero attached hydrogens (tertiary/aromatic N) is 5. The number of fused-ring (bicyclic) bond motifs is 1. The third kappa shape index (κ3) is 5.82. The van der Waals surface area contributed by atoms with Crippen molar-refractivity contribution >= 4 is 5.91 Å². The number of nitrogens with one attached hydrogen (secondary N) is 1. The van der Waals surface area contributed by atoms with Crippen LogP contribution >= 0.6 is 0 Å². The molecule has 1 N–H and O–H groups in total. The molecule has 1 amide bonds. The van der Waals surface area contributed by atoms with E-state index in [-0.39, 0.29) is 18.2 Å². The molecule has 1 saturated carbocycles. The fourth-order valence-corrected chi connectivity index (χ4v) is 5.46. The van der Waals surface area contributed by atoms with E-state index in [0.717, 1.165) is 43.3 Å². The van der Waals surface area contributed by atoms with Crippen molar-refractivity contribution in [3.63, 3.8) is 0 Å². The third-order valence-corrected chi connectivity index (χ3v) is 7.35. The number of aryl methyl sites for hydroxylation is 3. The number of hydrogen-bond donors (Lipinski definition) is 1. The van der Waals surface area contributed by atoms with Crippen molar-refractivity contribution in [3.05, 3.63) is 65.3 Å². The molecule has 1 aliphatic heterocycles. The first kappa shape index (κ1) is 25.3. The maximum Gasteiger partial charge on any atom is 0.573 e. The number of ether oxygens (including phenoxy) is 1. The van der Waals surface area contributed by atoms with Gasteiger partial charge in [0.2, 0.25) is 0 Å². The summed E-state index contributed by atoms with van der Waals surface area (Å²) in [5, 5.41) is 0. The number of imidazole rings is 2. The number of carbonyl (C=O) groups is 1. The van der Waals surface area contributed by atoms with E-state index in [1.165, 1.54) is 18.2 Å². The summed E-state index contributed by atoms with van der Waals surface area (Å²) in [5.74, 6) is 1.82. The molecule has 11 heteroatoms. The highest BCUT2D eigenvalue weighted by molar-refractivity contribution is 5.92. The molecule has 2 aromatic heterocycles. The predicted molar refractivity (Wildman–Crippen MR) is 130 cm³/mol. The molecule has 0 spiro atoms. The van der Waals surface area contributed by atoms with Gasteiger partial charge >= 0.3 is 6.36 Å². The van der Waals surface area contributed by atoms with Gasteiger partial charge in [-0.05, 0) is 42.4 Å². The maximum absolute atomic E-state index is 13.4. The monoisotopic (exact) mass is 516 g/mol. The van der Waals surface area contributed by atoms with Crippen LogP contribution in [0.2, 0.25) is 0 Å². The Morgan fingerprint density at radius 2 is 2.03 bits per heavy atom. The molecule has 1 aliphatic carbocycles. The normalized spacial score (nSPS) is 21.2. The molecule has 37 heavy (non-hydrogen) atoms. The lowest BCUT2D eigenvalue weighted by atomic mass is 10.1. The van der Waals surface area contributed by atoms with Crippen LogP contribution in [0.4, 0.5) is 13.2 Å². The van der Waals surface area contributed by atoms with Gasteiger partial charge in [-0.15, -0.1) is 13.2 Å². The van der Waals surface area contributed by atoms with Crippen LogP contribution in [-0.2, 0) is 26.6 Å². The van der Waals surface area contributed by atoms with Crippen LogP contribution in [-0.4, -0.2) is 61.2 Å². The number of carbonyl (C=O) groups excluding carboxylic acids is 1. The predicted octanol–water partition coefficient (Wildman–Crippen LogP) is 3.93. The number of H-pyrrole nitrogens is 1. The van der Waals surface area contributed by atoms with E-state index in [9.17, 15) is 18.0 Å². The minimum Gasteiger partial charge on any atom is -0.406 e. The van der Waals surface area contributed by atoms with Crippen molar-refractivity contribution < 1.29 is 22.7 Å². The van der Waals surface area contributed by atoms with Crippen LogP contribution in [0.15, 0.2) is 36.8 Å². The molecule has 3 heterocycles. The summed E-state index contributed by atoms with van der Waals surface area (Å²) in [6, 6.07) is 5.80. The quantitative estimate of drug-likeness (QED) is 0.466. The average Bonchev–Trinajstić information content (AvgIpc) is 3.23. The van der Waals surface area contributed by atoms with E-state index >= 15 is 0 Å². The molecule has 2 aliphatic rings. The Morgan fingerprint density at radius 1 is 1.27 bits per heavy atom. The van der Waals surface area contributed by atoms with Crippen LogP contribution in [0.1, 0.15) is 40.2 Å². The zero-order valence-corrected chi connectivity index (χ0v) is 21.1. The summed E-state index contributed by atoms with van der Waals surface area (Å²) in [7, 11) is 1.79. The number of likely N-dealkylation sites (tertiary alicyclic amines) is 1. The molecule has 1 aromatic carbocycles. The first-order valence-corrected chi connectivity index (χ1v) is 12.5. The molecule has 0 radical (unpaired) electrons. The van der Waals surface area contributed by atoms with Gasteiger partial charge in [0.15, 0.2) is 0 Å². The molecule has 8 nitrogen and oxygen atoms in total. The molecule has 2 atom stereocenters. The lowest BCUT2D eigenvalue weighted by molar-refractivity contribution is -0.274. The Labute approximate surface area is 213 Å². The Kier molecular flexibility index (Phi) is 6.74. The van der Waals surface area contributed by atoms with E-state index in [0.29, 0.717) is 35.6 Å². The summed E-state index contributed by atoms with van der Waals surface area (Å²) < 4.78 is 43.9. The van der Waals surface area contributed by atoms with Gasteiger partial charge in [-0.25, -0.2) is 9.97 Å². The second-order valence-corrected chi connectivity index (χ2v) is 10.1. The summed E-state index contributed by atoms with van der Waals surface area (Å²) >= 11 is 0. The topological polar surface area (TPSA) is 79.3 Å². The first-order valence-electron chi connectivity index (χ1n) is 12.5. The van der Waals surface area contributed by atoms with Gasteiger partial charge in [0.05, 0.1) is 17.7 Å². The van der Waals surface area contributed by atoms with Gasteiger partial charge in [-0.1, -0.05) is 19.1 Å². The Balaban J connectivity index is 1.25. The Hall–Kier alpha value is -3.34. The first-order chi connectivity index (χ1) is 17.6. The number of hydrogen-bond acceptors (Lipinski definition) is 5. The lowest BCUT2D eigenvalue weighted by Crippen LogP contribution is -2.35. The second-order valence-electron chi connectivity index (χ2n) is 10.1. The van der Waals surface area contributed by atoms with Crippen LogP contribution in [0.25, 0.3) is 0 Å². The van der Waals surface area contributed by atoms with Crippen LogP contribution in [0.5, 0.6) is 5.75 Å². The molecule has 0 bridgehead atoms. The van der Waals surface area contributed by atoms with Gasteiger partial charge in [0, 0.05) is 52.4 Å². The molecule has 2 unspecified atom stereocenters. The van der Waals surface area contributed by atoms with Gasteiger partial charge in [-0.3, -0.25) is 9.69 Å². The van der Waals surface area contributed by atoms with Crippen molar-refractivity contribution in [2.45, 2.75) is 39.7 Å². The fraction of sp³-hybridized carbons (Fsp3) is 0.500. The number of benzene rings is 1. The number of halogens is 3. The summed E-state index contributed by atoms with van der Waals surface area (Å²) in [6.45, 7) is 7.56. The van der Waals surface area contributed by atoms with Gasteiger partial charge in [0.25, 0.3) is 5.91 Å². The summed E-state index contributed by atoms with van der Waals surface area (Å²) in [6.07, 6.45) is -0.675. The second kappa shape index (κ2) is 9.85. The molecule has 1 saturated heterocycles. The van der Waals surface area contributed by atoms with Crippen LogP contribution in [0, 0.1) is 24.7 Å². The minimum absolute atomic E-state index is 0.178. The van der Waals surface area contributed by atoms with E-state index in [2.05, 4.69) is 31.5 Å². The summed E-state index contributed by atoms with van der Waals surface area (Å²) in [5.41, 5.74) is 3.08. The standard InChI is InChI=1S/C26H31F3N6O2/c1-4-24-31-16(2)22(32-24)14-34-10-19-20(11-34)21(19)12-35(25(36)23-13-33(3)15-30-23)9-17-6-5-7-18(8-17)37-26(27,28)29/h5-8,13,15,19-21H,4,9-12,14H2,1-3H3,(H,31,32). The number of aromatic amines is 1. The lowest BCUT2D eigenvalue weighted by Gasteiger charge is -2.25. The van der Waals surface area contributed by atoms with Crippen molar-refractivity contribution in [2.24, 2.45) is 24.8 Å². The van der Waals surface area contributed by atoms with Crippen LogP contribution in [0.3, 0.4) is 0 Å². The highest BCUT2D eigenvalue weighted by atomic mass is 19.4. The largest absolute Gasteiger partial charge is 0.573 e. The summed E-state index contributed by atoms with van der Waals surface area (Å²) in [4.78, 5) is 29.7. The molecular formula is C26H31F3N6O2. The number of rotatable bonds is 9. The maximum atomic E-state index is 13.4. The molecule has 198 valence electrons. The fourth-order valence-electron chi connectivity index (χ4n) is 5.46. The minimum atomic E-state index is -4.77. The molecule has 3 aromatic rings. The molecule has 2 fully saturated rings. The highest BCUT2D eigenvalue weighted by Gasteiger charge is 2.56. The Bertz CT molecular complexity index is 1260. The number of alkyl halides is 3. The van der Waals surface area contributed by atoms with Crippen molar-refractivity contribution in [2.75, 3.05) is 19.6 Å². The number of aromatic nitrogens is 4. The van der Waals surface area contributed by atoms with E-state index < -0.39 is 6.36 Å². The van der Waals surface area contributed by atoms with Gasteiger partial charge in [0.1, 0.15) is 17.3 Å².